The van der Waals surface area contributed by atoms with E-state index in [-0.39, 0.29) is 31.0 Å². The third kappa shape index (κ3) is 4.31. The fourth-order valence-corrected chi connectivity index (χ4v) is 3.02. The van der Waals surface area contributed by atoms with Crippen molar-refractivity contribution in [1.82, 2.24) is 0 Å². The van der Waals surface area contributed by atoms with Gasteiger partial charge in [-0.2, -0.15) is 18.4 Å². The summed E-state index contributed by atoms with van der Waals surface area (Å²) in [5.74, 6) is -1.44. The summed E-state index contributed by atoms with van der Waals surface area (Å²) in [7, 11) is 0. The minimum Gasteiger partial charge on any atom is -0.326 e. The number of rotatable bonds is 4. The molecule has 2 aromatic rings. The topological polar surface area (TPSA) is 73.2 Å². The Balaban J connectivity index is 1.68. The van der Waals surface area contributed by atoms with Crippen molar-refractivity contribution < 1.29 is 22.8 Å². The molecule has 2 aromatic carbocycles. The first-order valence-corrected chi connectivity index (χ1v) is 8.52. The number of nitrogens with one attached hydrogen (secondary N) is 1. The van der Waals surface area contributed by atoms with Gasteiger partial charge in [0.1, 0.15) is 0 Å². The third-order valence-corrected chi connectivity index (χ3v) is 4.49. The quantitative estimate of drug-likeness (QED) is 0.868. The highest BCUT2D eigenvalue weighted by molar-refractivity contribution is 6.03. The average molecular weight is 387 g/mol. The van der Waals surface area contributed by atoms with E-state index in [9.17, 15) is 22.8 Å². The highest BCUT2D eigenvalue weighted by Crippen LogP contribution is 2.33. The number of hydrogen-bond acceptors (Lipinski definition) is 3. The van der Waals surface area contributed by atoms with Gasteiger partial charge in [0, 0.05) is 24.3 Å². The van der Waals surface area contributed by atoms with Gasteiger partial charge in [0.2, 0.25) is 11.8 Å². The van der Waals surface area contributed by atoms with Crippen LogP contribution in [0.5, 0.6) is 0 Å². The van der Waals surface area contributed by atoms with Gasteiger partial charge in [-0.25, -0.2) is 0 Å². The van der Waals surface area contributed by atoms with Gasteiger partial charge in [0.05, 0.1) is 24.0 Å². The van der Waals surface area contributed by atoms with Crippen molar-refractivity contribution in [3.05, 3.63) is 59.7 Å². The van der Waals surface area contributed by atoms with E-state index < -0.39 is 23.6 Å². The van der Waals surface area contributed by atoms with Crippen molar-refractivity contribution in [2.75, 3.05) is 16.8 Å². The van der Waals surface area contributed by atoms with Gasteiger partial charge in [-0.05, 0) is 35.9 Å². The van der Waals surface area contributed by atoms with Crippen molar-refractivity contribution in [3.63, 3.8) is 0 Å². The number of nitriles is 1. The van der Waals surface area contributed by atoms with Crippen LogP contribution in [0.2, 0.25) is 0 Å². The molecule has 144 valence electrons. The predicted molar refractivity (Wildman–Crippen MR) is 96.3 cm³/mol. The molecule has 1 heterocycles. The first kappa shape index (κ1) is 19.4. The molecule has 0 aromatic heterocycles. The molecule has 0 radical (unpaired) electrons. The van der Waals surface area contributed by atoms with E-state index in [1.165, 1.54) is 17.0 Å². The molecule has 1 fully saturated rings. The van der Waals surface area contributed by atoms with E-state index >= 15 is 0 Å². The zero-order valence-corrected chi connectivity index (χ0v) is 14.7. The lowest BCUT2D eigenvalue weighted by Gasteiger charge is -2.18. The molecule has 0 saturated carbocycles. The number of alkyl halides is 3. The molecule has 1 saturated heterocycles. The fraction of sp³-hybridized carbons (Fsp3) is 0.250. The second-order valence-electron chi connectivity index (χ2n) is 6.47. The molecule has 1 N–H and O–H groups in total. The summed E-state index contributed by atoms with van der Waals surface area (Å²) in [6.45, 7) is 0.0124. The lowest BCUT2D eigenvalue weighted by Crippen LogP contribution is -2.28. The van der Waals surface area contributed by atoms with Crippen LogP contribution >= 0.6 is 0 Å². The SMILES string of the molecule is N#CCc1ccc(NC(=O)C2CC(=O)N(c3cccc(C(F)(F)F)c3)C2)cc1. The van der Waals surface area contributed by atoms with Crippen molar-refractivity contribution in [1.29, 1.82) is 5.26 Å². The van der Waals surface area contributed by atoms with E-state index in [4.69, 9.17) is 5.26 Å². The maximum absolute atomic E-state index is 12.9. The van der Waals surface area contributed by atoms with Gasteiger partial charge in [0.25, 0.3) is 0 Å². The number of amides is 2. The lowest BCUT2D eigenvalue weighted by atomic mass is 10.1. The van der Waals surface area contributed by atoms with Gasteiger partial charge >= 0.3 is 6.18 Å². The zero-order chi connectivity index (χ0) is 20.3. The molecule has 0 spiro atoms. The van der Waals surface area contributed by atoms with E-state index in [1.807, 2.05) is 6.07 Å². The number of hydrogen-bond donors (Lipinski definition) is 1. The van der Waals surface area contributed by atoms with Gasteiger partial charge in [-0.1, -0.05) is 18.2 Å². The number of carbonyl (C=O) groups excluding carboxylic acids is 2. The van der Waals surface area contributed by atoms with Crippen LogP contribution in [0.25, 0.3) is 0 Å². The Morgan fingerprint density at radius 1 is 1.21 bits per heavy atom. The number of nitrogens with zero attached hydrogens (tertiary/aromatic N) is 2. The van der Waals surface area contributed by atoms with Gasteiger partial charge in [-0.15, -0.1) is 0 Å². The molecule has 0 aliphatic carbocycles. The Bertz CT molecular complexity index is 933. The van der Waals surface area contributed by atoms with Crippen molar-refractivity contribution in [2.45, 2.75) is 19.0 Å². The van der Waals surface area contributed by atoms with E-state index in [0.29, 0.717) is 5.69 Å². The molecular formula is C20H16F3N3O2. The molecule has 1 aliphatic rings. The number of carbonyl (C=O) groups is 2. The monoisotopic (exact) mass is 387 g/mol. The molecule has 28 heavy (non-hydrogen) atoms. The summed E-state index contributed by atoms with van der Waals surface area (Å²) in [4.78, 5) is 25.9. The smallest absolute Gasteiger partial charge is 0.326 e. The zero-order valence-electron chi connectivity index (χ0n) is 14.7. The van der Waals surface area contributed by atoms with Gasteiger partial charge in [-0.3, -0.25) is 9.59 Å². The normalized spacial score (nSPS) is 16.7. The van der Waals surface area contributed by atoms with Crippen LogP contribution in [-0.2, 0) is 22.2 Å². The van der Waals surface area contributed by atoms with Crippen molar-refractivity contribution in [2.24, 2.45) is 5.92 Å². The molecule has 0 bridgehead atoms. The maximum atomic E-state index is 12.9. The first-order valence-electron chi connectivity index (χ1n) is 8.52. The molecule has 8 heteroatoms. The predicted octanol–water partition coefficient (Wildman–Crippen LogP) is 3.76. The standard InChI is InChI=1S/C20H16F3N3O2/c21-20(22,23)15-2-1-3-17(11-15)26-12-14(10-18(26)27)19(28)25-16-6-4-13(5-7-16)8-9-24/h1-7,11,14H,8,10,12H2,(H,25,28). The Labute approximate surface area is 159 Å². The summed E-state index contributed by atoms with van der Waals surface area (Å²) in [5, 5.41) is 11.4. The molecule has 3 rings (SSSR count). The number of halogens is 3. The highest BCUT2D eigenvalue weighted by atomic mass is 19.4. The van der Waals surface area contributed by atoms with E-state index in [1.54, 1.807) is 24.3 Å². The maximum Gasteiger partial charge on any atom is 0.416 e. The number of benzene rings is 2. The Hall–Kier alpha value is -3.34. The van der Waals surface area contributed by atoms with Crippen molar-refractivity contribution >= 4 is 23.2 Å². The van der Waals surface area contributed by atoms with Crippen LogP contribution < -0.4 is 10.2 Å². The van der Waals surface area contributed by atoms with Crippen molar-refractivity contribution in [3.8, 4) is 6.07 Å². The average Bonchev–Trinajstić information content (AvgIpc) is 3.05. The summed E-state index contributed by atoms with van der Waals surface area (Å²) < 4.78 is 38.7. The van der Waals surface area contributed by atoms with Gasteiger partial charge in [0.15, 0.2) is 0 Å². The molecule has 1 atom stereocenters. The molecule has 2 amide bonds. The highest BCUT2D eigenvalue weighted by Gasteiger charge is 2.36. The molecular weight excluding hydrogens is 371 g/mol. The van der Waals surface area contributed by atoms with Crippen LogP contribution in [0.1, 0.15) is 17.5 Å². The van der Waals surface area contributed by atoms with Gasteiger partial charge < -0.3 is 10.2 Å². The second-order valence-corrected chi connectivity index (χ2v) is 6.47. The summed E-state index contributed by atoms with van der Waals surface area (Å²) >= 11 is 0. The van der Waals surface area contributed by atoms with Crippen LogP contribution in [0.4, 0.5) is 24.5 Å². The summed E-state index contributed by atoms with van der Waals surface area (Å²) in [6, 6.07) is 13.3. The summed E-state index contributed by atoms with van der Waals surface area (Å²) in [5.41, 5.74) is 0.614. The summed E-state index contributed by atoms with van der Waals surface area (Å²) in [6.07, 6.45) is -4.32. The number of anilines is 2. The van der Waals surface area contributed by atoms with Crippen LogP contribution in [0, 0.1) is 17.2 Å². The van der Waals surface area contributed by atoms with Crippen LogP contribution in [0.3, 0.4) is 0 Å². The minimum atomic E-state index is -4.51. The molecule has 1 unspecified atom stereocenters. The Kier molecular flexibility index (Phi) is 5.36. The minimum absolute atomic E-state index is 0.0124. The molecule has 5 nitrogen and oxygen atoms in total. The fourth-order valence-electron chi connectivity index (χ4n) is 3.02. The molecule has 1 aliphatic heterocycles. The second kappa shape index (κ2) is 7.72. The third-order valence-electron chi connectivity index (χ3n) is 4.49. The van der Waals surface area contributed by atoms with E-state index in [2.05, 4.69) is 5.32 Å². The van der Waals surface area contributed by atoms with Crippen LogP contribution in [0.15, 0.2) is 48.5 Å². The Morgan fingerprint density at radius 3 is 2.57 bits per heavy atom. The first-order chi connectivity index (χ1) is 13.3. The lowest BCUT2D eigenvalue weighted by molar-refractivity contribution is -0.137. The Morgan fingerprint density at radius 2 is 1.93 bits per heavy atom. The van der Waals surface area contributed by atoms with E-state index in [0.717, 1.165) is 17.7 Å². The van der Waals surface area contributed by atoms with Crippen LogP contribution in [-0.4, -0.2) is 18.4 Å². The largest absolute Gasteiger partial charge is 0.416 e.